The molecule has 0 radical (unpaired) electrons. The summed E-state index contributed by atoms with van der Waals surface area (Å²) in [5.74, 6) is 0.708. The fourth-order valence-corrected chi connectivity index (χ4v) is 4.66. The minimum atomic E-state index is -1.04. The fourth-order valence-electron chi connectivity index (χ4n) is 4.19. The Bertz CT molecular complexity index is 1410. The van der Waals surface area contributed by atoms with Crippen molar-refractivity contribution in [2.75, 3.05) is 26.1 Å². The number of carboxylic acids is 1. The van der Waals surface area contributed by atoms with Gasteiger partial charge in [0.05, 0.1) is 6.61 Å². The molecule has 1 heterocycles. The Morgan fingerprint density at radius 2 is 1.62 bits per heavy atom. The van der Waals surface area contributed by atoms with Crippen LogP contribution in [0.5, 0.6) is 0 Å². The number of nitrogens with one attached hydrogen (secondary N) is 2. The first-order valence-electron chi connectivity index (χ1n) is 13.4. The minimum absolute atomic E-state index is 0. The molecule has 0 aliphatic rings. The van der Waals surface area contributed by atoms with Crippen molar-refractivity contribution in [2.24, 2.45) is 0 Å². The van der Waals surface area contributed by atoms with E-state index in [-0.39, 0.29) is 18.9 Å². The molecule has 0 bridgehead atoms. The topological polar surface area (TPSA) is 101 Å². The molecule has 0 fully saturated rings. The van der Waals surface area contributed by atoms with Gasteiger partial charge in [-0.2, -0.15) is 11.8 Å². The molecular formula is C33H39LiN2O5S. The molecule has 1 aromatic heterocycles. The Morgan fingerprint density at radius 3 is 2.29 bits per heavy atom. The van der Waals surface area contributed by atoms with Crippen LogP contribution in [0.1, 0.15) is 33.7 Å². The van der Waals surface area contributed by atoms with Crippen molar-refractivity contribution in [2.45, 2.75) is 32.6 Å². The van der Waals surface area contributed by atoms with Crippen molar-refractivity contribution in [3.05, 3.63) is 107 Å². The zero-order valence-corrected chi connectivity index (χ0v) is 24.8. The third kappa shape index (κ3) is 10.2. The van der Waals surface area contributed by atoms with Crippen LogP contribution in [0.4, 0.5) is 0 Å². The molecule has 0 saturated carbocycles. The van der Waals surface area contributed by atoms with Crippen molar-refractivity contribution in [1.29, 1.82) is 0 Å². The number of amides is 1. The van der Waals surface area contributed by atoms with Crippen LogP contribution in [0.3, 0.4) is 0 Å². The SMILES string of the molecule is CNC.CSCCC(NC(=O)c1ccc(COCc2ccc(-c3ccccc3)o2)cc1-c1ccccc1C)C(=O)O.[LiH]. The van der Waals surface area contributed by atoms with Crippen LogP contribution in [0.15, 0.2) is 89.3 Å². The predicted octanol–water partition coefficient (Wildman–Crippen LogP) is 5.76. The number of carbonyl (C=O) groups is 2. The van der Waals surface area contributed by atoms with Gasteiger partial charge in [0.25, 0.3) is 5.91 Å². The molecule has 3 aromatic carbocycles. The fraction of sp³-hybridized carbons (Fsp3) is 0.273. The molecule has 0 saturated heterocycles. The number of benzene rings is 3. The maximum absolute atomic E-state index is 13.2. The van der Waals surface area contributed by atoms with Crippen molar-refractivity contribution in [1.82, 2.24) is 10.6 Å². The Kier molecular flexibility index (Phi) is 15.2. The molecule has 4 rings (SSSR count). The third-order valence-electron chi connectivity index (χ3n) is 6.21. The van der Waals surface area contributed by atoms with Gasteiger partial charge in [-0.05, 0) is 86.0 Å². The molecule has 1 atom stereocenters. The average Bonchev–Trinajstić information content (AvgIpc) is 3.45. The normalized spacial score (nSPS) is 11.0. The van der Waals surface area contributed by atoms with Crippen LogP contribution in [0.2, 0.25) is 0 Å². The van der Waals surface area contributed by atoms with Crippen LogP contribution in [-0.4, -0.2) is 68.0 Å². The quantitative estimate of drug-likeness (QED) is 0.183. The van der Waals surface area contributed by atoms with Crippen LogP contribution in [-0.2, 0) is 22.7 Å². The summed E-state index contributed by atoms with van der Waals surface area (Å²) in [4.78, 5) is 24.9. The Labute approximate surface area is 264 Å². The van der Waals surface area contributed by atoms with E-state index < -0.39 is 17.9 Å². The second-order valence-electron chi connectivity index (χ2n) is 9.47. The summed E-state index contributed by atoms with van der Waals surface area (Å²) in [5.41, 5.74) is 4.99. The van der Waals surface area contributed by atoms with Gasteiger partial charge >= 0.3 is 24.8 Å². The number of carboxylic acid groups (broad SMARTS) is 1. The summed E-state index contributed by atoms with van der Waals surface area (Å²) in [6, 6.07) is 26.1. The zero-order chi connectivity index (χ0) is 29.6. The van der Waals surface area contributed by atoms with Gasteiger partial charge in [-0.25, -0.2) is 4.79 Å². The van der Waals surface area contributed by atoms with Gasteiger partial charge in [0.15, 0.2) is 0 Å². The molecule has 9 heteroatoms. The molecule has 1 amide bonds. The number of furan rings is 1. The molecule has 0 aliphatic carbocycles. The van der Waals surface area contributed by atoms with E-state index in [1.165, 1.54) is 0 Å². The number of aryl methyl sites for hydroxylation is 1. The Morgan fingerprint density at radius 1 is 0.929 bits per heavy atom. The summed E-state index contributed by atoms with van der Waals surface area (Å²) in [5, 5.41) is 15.0. The molecule has 1 unspecified atom stereocenters. The van der Waals surface area contributed by atoms with Crippen molar-refractivity contribution < 1.29 is 23.8 Å². The second-order valence-corrected chi connectivity index (χ2v) is 10.5. The number of thioether (sulfide) groups is 1. The van der Waals surface area contributed by atoms with E-state index in [4.69, 9.17) is 9.15 Å². The Hall–Kier alpha value is -3.25. The number of carbonyl (C=O) groups excluding carboxylic acids is 1. The Balaban J connectivity index is 0.00000148. The van der Waals surface area contributed by atoms with Crippen molar-refractivity contribution in [3.8, 4) is 22.5 Å². The van der Waals surface area contributed by atoms with Crippen LogP contribution < -0.4 is 10.6 Å². The van der Waals surface area contributed by atoms with Crippen LogP contribution in [0.25, 0.3) is 22.5 Å². The third-order valence-corrected chi connectivity index (χ3v) is 6.85. The summed E-state index contributed by atoms with van der Waals surface area (Å²) >= 11 is 1.54. The summed E-state index contributed by atoms with van der Waals surface area (Å²) in [6.45, 7) is 2.62. The van der Waals surface area contributed by atoms with E-state index in [9.17, 15) is 14.7 Å². The summed E-state index contributed by atoms with van der Waals surface area (Å²) < 4.78 is 11.9. The number of hydrogen-bond acceptors (Lipinski definition) is 6. The average molecular weight is 583 g/mol. The number of rotatable bonds is 12. The van der Waals surface area contributed by atoms with E-state index in [1.54, 1.807) is 17.8 Å². The number of ether oxygens (including phenoxy) is 1. The standard InChI is InChI=1S/C31H31NO5S.C2H7N.Li.H/c1-21-8-6-7-11-25(21)27-18-22(12-14-26(27)30(33)32-28(31(34)35)16-17-38-2)19-36-20-24-13-15-29(37-24)23-9-4-3-5-10-23;1-3-2;;/h3-15,18,28H,16-17,19-20H2,1-2H3,(H,32,33)(H,34,35);3H,1-2H3;;. The molecular weight excluding hydrogens is 543 g/mol. The summed E-state index contributed by atoms with van der Waals surface area (Å²) in [6.07, 6.45) is 2.26. The van der Waals surface area contributed by atoms with Crippen molar-refractivity contribution >= 4 is 42.5 Å². The van der Waals surface area contributed by atoms with E-state index in [0.29, 0.717) is 31.0 Å². The molecule has 7 nitrogen and oxygen atoms in total. The molecule has 42 heavy (non-hydrogen) atoms. The molecule has 4 aromatic rings. The zero-order valence-electron chi connectivity index (χ0n) is 24.0. The number of hydrogen-bond donors (Lipinski definition) is 3. The maximum atomic E-state index is 13.2. The van der Waals surface area contributed by atoms with Crippen molar-refractivity contribution in [3.63, 3.8) is 0 Å². The van der Waals surface area contributed by atoms with Gasteiger partial charge in [-0.1, -0.05) is 60.7 Å². The van der Waals surface area contributed by atoms with Gasteiger partial charge in [0.1, 0.15) is 24.2 Å². The first-order chi connectivity index (χ1) is 19.9. The monoisotopic (exact) mass is 582 g/mol. The van der Waals surface area contributed by atoms with E-state index in [2.05, 4.69) is 10.6 Å². The van der Waals surface area contributed by atoms with Gasteiger partial charge < -0.3 is 24.9 Å². The van der Waals surface area contributed by atoms with E-state index >= 15 is 0 Å². The first-order valence-corrected chi connectivity index (χ1v) is 14.8. The van der Waals surface area contributed by atoms with Crippen LogP contribution in [0, 0.1) is 6.92 Å². The van der Waals surface area contributed by atoms with Gasteiger partial charge in [0, 0.05) is 11.1 Å². The first kappa shape index (κ1) is 34.9. The van der Waals surface area contributed by atoms with E-state index in [0.717, 1.165) is 39.3 Å². The van der Waals surface area contributed by atoms with Gasteiger partial charge in [0.2, 0.25) is 0 Å². The molecule has 218 valence electrons. The second kappa shape index (κ2) is 18.3. The van der Waals surface area contributed by atoms with Gasteiger partial charge in [-0.15, -0.1) is 0 Å². The molecule has 0 aliphatic heterocycles. The molecule has 0 spiro atoms. The van der Waals surface area contributed by atoms with E-state index in [1.807, 2.05) is 106 Å². The van der Waals surface area contributed by atoms with Gasteiger partial charge in [-0.3, -0.25) is 4.79 Å². The number of aliphatic carboxylic acids is 1. The van der Waals surface area contributed by atoms with Crippen LogP contribution >= 0.6 is 11.8 Å². The summed E-state index contributed by atoms with van der Waals surface area (Å²) in [7, 11) is 3.75. The predicted molar refractivity (Wildman–Crippen MR) is 173 cm³/mol. The molecule has 3 N–H and O–H groups in total.